The van der Waals surface area contributed by atoms with Crippen LogP contribution in [0, 0.1) is 0 Å². The number of hydrogen-bond donors (Lipinski definition) is 2. The number of amides is 2. The van der Waals surface area contributed by atoms with Crippen LogP contribution in [-0.2, 0) is 4.79 Å². The van der Waals surface area contributed by atoms with E-state index in [1.807, 2.05) is 18.2 Å². The van der Waals surface area contributed by atoms with Crippen LogP contribution in [0.2, 0.25) is 0 Å². The van der Waals surface area contributed by atoms with E-state index in [4.69, 9.17) is 5.73 Å². The Hall–Kier alpha value is -2.89. The summed E-state index contributed by atoms with van der Waals surface area (Å²) in [4.78, 5) is 29.1. The summed E-state index contributed by atoms with van der Waals surface area (Å²) in [5.41, 5.74) is 8.07. The predicted molar refractivity (Wildman–Crippen MR) is 94.3 cm³/mol. The second-order valence-corrected chi connectivity index (χ2v) is 5.70. The Kier molecular flexibility index (Phi) is 5.89. The summed E-state index contributed by atoms with van der Waals surface area (Å²) >= 11 is 0. The SMILES string of the molecule is CN(C)C(=O)CCCNC(=O)c1ccc(-c2ccc(N)nc2)cc1. The first kappa shape index (κ1) is 17.5. The molecule has 0 saturated carbocycles. The van der Waals surface area contributed by atoms with E-state index >= 15 is 0 Å². The van der Waals surface area contributed by atoms with Gasteiger partial charge in [0, 0.05) is 44.4 Å². The van der Waals surface area contributed by atoms with Gasteiger partial charge in [0.1, 0.15) is 5.82 Å². The molecule has 3 N–H and O–H groups in total. The van der Waals surface area contributed by atoms with Crippen molar-refractivity contribution in [3.63, 3.8) is 0 Å². The van der Waals surface area contributed by atoms with Gasteiger partial charge in [-0.15, -0.1) is 0 Å². The van der Waals surface area contributed by atoms with Gasteiger partial charge in [-0.1, -0.05) is 12.1 Å². The number of nitrogen functional groups attached to an aromatic ring is 1. The second kappa shape index (κ2) is 8.10. The third kappa shape index (κ3) is 4.81. The van der Waals surface area contributed by atoms with Crippen LogP contribution in [0.1, 0.15) is 23.2 Å². The monoisotopic (exact) mass is 326 g/mol. The fraction of sp³-hybridized carbons (Fsp3) is 0.278. The van der Waals surface area contributed by atoms with Crippen LogP contribution < -0.4 is 11.1 Å². The molecule has 1 aromatic carbocycles. The fourth-order valence-corrected chi connectivity index (χ4v) is 2.16. The highest BCUT2D eigenvalue weighted by Crippen LogP contribution is 2.19. The summed E-state index contributed by atoms with van der Waals surface area (Å²) in [6.45, 7) is 0.474. The molecule has 6 heteroatoms. The van der Waals surface area contributed by atoms with Gasteiger partial charge in [0.25, 0.3) is 5.91 Å². The first-order valence-electron chi connectivity index (χ1n) is 7.77. The van der Waals surface area contributed by atoms with E-state index in [1.54, 1.807) is 43.4 Å². The van der Waals surface area contributed by atoms with E-state index in [-0.39, 0.29) is 11.8 Å². The number of rotatable bonds is 6. The summed E-state index contributed by atoms with van der Waals surface area (Å²) < 4.78 is 0. The lowest BCUT2D eigenvalue weighted by Gasteiger charge is -2.10. The molecular weight excluding hydrogens is 304 g/mol. The number of nitrogens with zero attached hydrogens (tertiary/aromatic N) is 2. The highest BCUT2D eigenvalue weighted by molar-refractivity contribution is 5.94. The topological polar surface area (TPSA) is 88.3 Å². The molecule has 2 rings (SSSR count). The van der Waals surface area contributed by atoms with Gasteiger partial charge in [-0.05, 0) is 36.2 Å². The maximum Gasteiger partial charge on any atom is 0.251 e. The molecule has 0 aliphatic carbocycles. The van der Waals surface area contributed by atoms with Gasteiger partial charge >= 0.3 is 0 Å². The number of pyridine rings is 1. The molecule has 0 bridgehead atoms. The Bertz CT molecular complexity index is 694. The van der Waals surface area contributed by atoms with Gasteiger partial charge in [-0.3, -0.25) is 9.59 Å². The summed E-state index contributed by atoms with van der Waals surface area (Å²) in [6.07, 6.45) is 2.75. The van der Waals surface area contributed by atoms with E-state index in [0.29, 0.717) is 30.8 Å². The smallest absolute Gasteiger partial charge is 0.251 e. The van der Waals surface area contributed by atoms with Gasteiger partial charge in [-0.2, -0.15) is 0 Å². The Morgan fingerprint density at radius 3 is 2.33 bits per heavy atom. The third-order valence-electron chi connectivity index (χ3n) is 3.62. The molecule has 0 atom stereocenters. The zero-order valence-corrected chi connectivity index (χ0v) is 14.0. The number of carbonyl (C=O) groups is 2. The highest BCUT2D eigenvalue weighted by Gasteiger charge is 2.07. The Balaban J connectivity index is 1.87. The van der Waals surface area contributed by atoms with Crippen molar-refractivity contribution in [1.82, 2.24) is 15.2 Å². The molecule has 1 aromatic heterocycles. The molecule has 0 spiro atoms. The normalized spacial score (nSPS) is 10.2. The molecular formula is C18H22N4O2. The molecule has 0 aliphatic heterocycles. The van der Waals surface area contributed by atoms with Crippen LogP contribution in [0.4, 0.5) is 5.82 Å². The first-order chi connectivity index (χ1) is 11.5. The van der Waals surface area contributed by atoms with Crippen molar-refractivity contribution in [2.45, 2.75) is 12.8 Å². The number of anilines is 1. The van der Waals surface area contributed by atoms with Gasteiger partial charge in [0.15, 0.2) is 0 Å². The molecule has 126 valence electrons. The average molecular weight is 326 g/mol. The van der Waals surface area contributed by atoms with Gasteiger partial charge in [0.05, 0.1) is 0 Å². The van der Waals surface area contributed by atoms with E-state index in [9.17, 15) is 9.59 Å². The third-order valence-corrected chi connectivity index (χ3v) is 3.62. The minimum Gasteiger partial charge on any atom is -0.384 e. The van der Waals surface area contributed by atoms with Gasteiger partial charge < -0.3 is 16.0 Å². The van der Waals surface area contributed by atoms with Crippen LogP contribution in [-0.4, -0.2) is 42.3 Å². The molecule has 6 nitrogen and oxygen atoms in total. The number of nitrogens with one attached hydrogen (secondary N) is 1. The van der Waals surface area contributed by atoms with Crippen LogP contribution in [0.15, 0.2) is 42.6 Å². The summed E-state index contributed by atoms with van der Waals surface area (Å²) in [5, 5.41) is 2.82. The predicted octanol–water partition coefficient (Wildman–Crippen LogP) is 1.93. The maximum absolute atomic E-state index is 12.1. The summed E-state index contributed by atoms with van der Waals surface area (Å²) in [5.74, 6) is 0.391. The Morgan fingerprint density at radius 2 is 1.75 bits per heavy atom. The van der Waals surface area contributed by atoms with Gasteiger partial charge in [0.2, 0.25) is 5.91 Å². The number of carbonyl (C=O) groups excluding carboxylic acids is 2. The summed E-state index contributed by atoms with van der Waals surface area (Å²) in [6, 6.07) is 10.9. The molecule has 2 amide bonds. The molecule has 0 fully saturated rings. The van der Waals surface area contributed by atoms with Crippen LogP contribution in [0.25, 0.3) is 11.1 Å². The quantitative estimate of drug-likeness (QED) is 0.794. The Morgan fingerprint density at radius 1 is 1.08 bits per heavy atom. The van der Waals surface area contributed by atoms with Crippen LogP contribution >= 0.6 is 0 Å². The molecule has 2 aromatic rings. The van der Waals surface area contributed by atoms with Crippen molar-refractivity contribution in [2.24, 2.45) is 0 Å². The van der Waals surface area contributed by atoms with Crippen LogP contribution in [0.5, 0.6) is 0 Å². The largest absolute Gasteiger partial charge is 0.384 e. The molecule has 0 radical (unpaired) electrons. The fourth-order valence-electron chi connectivity index (χ4n) is 2.16. The Labute approximate surface area is 141 Å². The van der Waals surface area contributed by atoms with E-state index in [2.05, 4.69) is 10.3 Å². The average Bonchev–Trinajstić information content (AvgIpc) is 2.59. The lowest BCUT2D eigenvalue weighted by molar-refractivity contribution is -0.128. The zero-order chi connectivity index (χ0) is 17.5. The molecule has 0 saturated heterocycles. The molecule has 1 heterocycles. The van der Waals surface area contributed by atoms with Crippen molar-refractivity contribution in [2.75, 3.05) is 26.4 Å². The number of nitrogens with two attached hydrogens (primary N) is 1. The van der Waals surface area contributed by atoms with Crippen molar-refractivity contribution in [3.8, 4) is 11.1 Å². The molecule has 0 aliphatic rings. The lowest BCUT2D eigenvalue weighted by atomic mass is 10.1. The first-order valence-corrected chi connectivity index (χ1v) is 7.77. The summed E-state index contributed by atoms with van der Waals surface area (Å²) in [7, 11) is 3.44. The molecule has 0 unspecified atom stereocenters. The maximum atomic E-state index is 12.1. The second-order valence-electron chi connectivity index (χ2n) is 5.70. The minimum absolute atomic E-state index is 0.0608. The minimum atomic E-state index is -0.144. The lowest BCUT2D eigenvalue weighted by Crippen LogP contribution is -2.27. The van der Waals surface area contributed by atoms with Gasteiger partial charge in [-0.25, -0.2) is 4.98 Å². The van der Waals surface area contributed by atoms with Crippen molar-refractivity contribution < 1.29 is 9.59 Å². The van der Waals surface area contributed by atoms with Crippen molar-refractivity contribution >= 4 is 17.6 Å². The van der Waals surface area contributed by atoms with Crippen molar-refractivity contribution in [1.29, 1.82) is 0 Å². The number of benzene rings is 1. The standard InChI is InChI=1S/C18H22N4O2/c1-22(2)17(23)4-3-11-20-18(24)14-7-5-13(6-8-14)15-9-10-16(19)21-12-15/h5-10,12H,3-4,11H2,1-2H3,(H2,19,21)(H,20,24). The molecule has 24 heavy (non-hydrogen) atoms. The zero-order valence-electron chi connectivity index (χ0n) is 14.0. The van der Waals surface area contributed by atoms with E-state index in [1.165, 1.54) is 0 Å². The number of aromatic nitrogens is 1. The van der Waals surface area contributed by atoms with E-state index < -0.39 is 0 Å². The van der Waals surface area contributed by atoms with Crippen molar-refractivity contribution in [3.05, 3.63) is 48.2 Å². The highest BCUT2D eigenvalue weighted by atomic mass is 16.2. The van der Waals surface area contributed by atoms with Crippen LogP contribution in [0.3, 0.4) is 0 Å². The number of hydrogen-bond acceptors (Lipinski definition) is 4. The van der Waals surface area contributed by atoms with E-state index in [0.717, 1.165) is 11.1 Å².